The number of allylic oxidation sites excluding steroid dienone is 1. The molecule has 9 nitrogen and oxygen atoms in total. The van der Waals surface area contributed by atoms with Crippen LogP contribution in [0.3, 0.4) is 0 Å². The topological polar surface area (TPSA) is 101 Å². The number of amides is 1. The van der Waals surface area contributed by atoms with Crippen LogP contribution >= 0.6 is 0 Å². The van der Waals surface area contributed by atoms with Crippen molar-refractivity contribution in [2.75, 3.05) is 39.3 Å². The van der Waals surface area contributed by atoms with E-state index in [-0.39, 0.29) is 18.0 Å². The van der Waals surface area contributed by atoms with Gasteiger partial charge in [0.25, 0.3) is 11.5 Å². The first-order chi connectivity index (χ1) is 19.7. The van der Waals surface area contributed by atoms with Gasteiger partial charge in [-0.2, -0.15) is 0 Å². The Morgan fingerprint density at radius 3 is 2.63 bits per heavy atom. The third-order valence-electron chi connectivity index (χ3n) is 7.82. The largest absolute Gasteiger partial charge is 0.496 e. The van der Waals surface area contributed by atoms with Gasteiger partial charge in [-0.05, 0) is 80.6 Å². The van der Waals surface area contributed by atoms with Gasteiger partial charge < -0.3 is 29.1 Å². The Morgan fingerprint density at radius 2 is 1.93 bits per heavy atom. The zero-order chi connectivity index (χ0) is 29.3. The Morgan fingerprint density at radius 1 is 1.17 bits per heavy atom. The van der Waals surface area contributed by atoms with Crippen LogP contribution in [0.2, 0.25) is 0 Å². The summed E-state index contributed by atoms with van der Waals surface area (Å²) >= 11 is 0. The highest BCUT2D eigenvalue weighted by Crippen LogP contribution is 2.35. The van der Waals surface area contributed by atoms with E-state index in [9.17, 15) is 9.59 Å². The fourth-order valence-electron chi connectivity index (χ4n) is 5.57. The Kier molecular flexibility index (Phi) is 7.99. The van der Waals surface area contributed by atoms with Gasteiger partial charge in [-0.1, -0.05) is 5.57 Å². The molecule has 0 aliphatic carbocycles. The molecule has 1 amide bonds. The Bertz CT molecular complexity index is 1710. The van der Waals surface area contributed by atoms with E-state index >= 15 is 0 Å². The summed E-state index contributed by atoms with van der Waals surface area (Å²) in [6.07, 6.45) is 5.61. The summed E-state index contributed by atoms with van der Waals surface area (Å²) < 4.78 is 13.2. The molecule has 5 rings (SSSR count). The van der Waals surface area contributed by atoms with Crippen molar-refractivity contribution in [3.63, 3.8) is 0 Å². The number of fused-ring (bicyclic) bond motifs is 1. The molecule has 5 heterocycles. The summed E-state index contributed by atoms with van der Waals surface area (Å²) in [5, 5.41) is 2.98. The lowest BCUT2D eigenvalue weighted by molar-refractivity contribution is 0.0950. The number of aromatic nitrogens is 3. The first-order valence-electron chi connectivity index (χ1n) is 13.8. The predicted molar refractivity (Wildman–Crippen MR) is 162 cm³/mol. The molecule has 9 heteroatoms. The number of methoxy groups -OCH3 is 1. The van der Waals surface area contributed by atoms with Gasteiger partial charge in [0, 0.05) is 43.3 Å². The van der Waals surface area contributed by atoms with Gasteiger partial charge in [0.2, 0.25) is 0 Å². The van der Waals surface area contributed by atoms with Gasteiger partial charge in [-0.3, -0.25) is 9.59 Å². The predicted octanol–water partition coefficient (Wildman–Crippen LogP) is 4.89. The average molecular weight is 556 g/mol. The van der Waals surface area contributed by atoms with Gasteiger partial charge in [0.05, 0.1) is 43.6 Å². The van der Waals surface area contributed by atoms with Crippen molar-refractivity contribution in [2.24, 2.45) is 0 Å². The van der Waals surface area contributed by atoms with Crippen LogP contribution in [0.25, 0.3) is 22.2 Å². The Hall–Kier alpha value is -4.37. The molecule has 41 heavy (non-hydrogen) atoms. The van der Waals surface area contributed by atoms with Gasteiger partial charge in [-0.15, -0.1) is 0 Å². The van der Waals surface area contributed by atoms with Crippen LogP contribution in [-0.4, -0.2) is 54.7 Å². The normalized spacial score (nSPS) is 13.4. The van der Waals surface area contributed by atoms with Crippen molar-refractivity contribution in [2.45, 2.75) is 40.2 Å². The molecule has 0 atom stereocenters. The molecule has 4 aromatic heterocycles. The summed E-state index contributed by atoms with van der Waals surface area (Å²) in [6.45, 7) is 7.35. The van der Waals surface area contributed by atoms with Gasteiger partial charge in [0.15, 0.2) is 0 Å². The van der Waals surface area contributed by atoms with Crippen molar-refractivity contribution < 1.29 is 14.3 Å². The number of hydrogen-bond acceptors (Lipinski definition) is 6. The van der Waals surface area contributed by atoms with Gasteiger partial charge >= 0.3 is 0 Å². The SMILES string of the molecule is COc1cc(C)[nH]c(=O)c1CNC(=O)c1cc2c(-c3ccnc(N(C)C)c3)ccn2c(C(C)=C2CCOCC2)c1C. The minimum Gasteiger partial charge on any atom is -0.496 e. The van der Waals surface area contributed by atoms with Crippen LogP contribution in [0.5, 0.6) is 5.75 Å². The van der Waals surface area contributed by atoms with Crippen molar-refractivity contribution in [3.8, 4) is 16.9 Å². The number of anilines is 1. The van der Waals surface area contributed by atoms with Crippen LogP contribution in [-0.2, 0) is 11.3 Å². The zero-order valence-corrected chi connectivity index (χ0v) is 24.6. The molecule has 0 unspecified atom stereocenters. The van der Waals surface area contributed by atoms with Crippen molar-refractivity contribution in [1.82, 2.24) is 19.7 Å². The number of carbonyl (C=O) groups excluding carboxylic acids is 1. The number of nitrogens with zero attached hydrogens (tertiary/aromatic N) is 3. The second-order valence-electron chi connectivity index (χ2n) is 10.7. The number of H-pyrrole nitrogens is 1. The fraction of sp³-hybridized carbons (Fsp3) is 0.344. The Balaban J connectivity index is 1.64. The lowest BCUT2D eigenvalue weighted by atomic mass is 9.94. The number of hydrogen-bond donors (Lipinski definition) is 2. The molecule has 1 aliphatic rings. The van der Waals surface area contributed by atoms with Crippen LogP contribution < -0.4 is 20.5 Å². The van der Waals surface area contributed by atoms with Crippen LogP contribution in [0.15, 0.2) is 53.1 Å². The highest BCUT2D eigenvalue weighted by atomic mass is 16.5. The van der Waals surface area contributed by atoms with E-state index in [1.807, 2.05) is 44.1 Å². The van der Waals surface area contributed by atoms with E-state index in [0.29, 0.717) is 35.8 Å². The maximum Gasteiger partial charge on any atom is 0.256 e. The van der Waals surface area contributed by atoms with Crippen molar-refractivity contribution in [3.05, 3.63) is 86.7 Å². The molecule has 1 aliphatic heterocycles. The summed E-state index contributed by atoms with van der Waals surface area (Å²) in [5.41, 5.74) is 8.67. The summed E-state index contributed by atoms with van der Waals surface area (Å²) in [7, 11) is 5.45. The molecule has 0 bridgehead atoms. The number of carbonyl (C=O) groups is 1. The fourth-order valence-corrected chi connectivity index (χ4v) is 5.57. The quantitative estimate of drug-likeness (QED) is 0.337. The number of ether oxygens (including phenoxy) is 2. The monoisotopic (exact) mass is 555 g/mol. The van der Waals surface area contributed by atoms with Crippen LogP contribution in [0.4, 0.5) is 5.82 Å². The van der Waals surface area contributed by atoms with Crippen molar-refractivity contribution in [1.29, 1.82) is 0 Å². The molecule has 0 spiro atoms. The molecule has 0 saturated carbocycles. The molecular weight excluding hydrogens is 518 g/mol. The minimum absolute atomic E-state index is 0.0411. The third kappa shape index (κ3) is 5.50. The second-order valence-corrected chi connectivity index (χ2v) is 10.7. The maximum absolute atomic E-state index is 13.8. The molecule has 1 fully saturated rings. The average Bonchev–Trinajstić information content (AvgIpc) is 3.39. The maximum atomic E-state index is 13.8. The molecular formula is C32H37N5O4. The van der Waals surface area contributed by atoms with Gasteiger partial charge in [0.1, 0.15) is 11.6 Å². The number of rotatable bonds is 7. The molecule has 0 radical (unpaired) electrons. The first-order valence-corrected chi connectivity index (χ1v) is 13.8. The second kappa shape index (κ2) is 11.6. The number of nitrogens with one attached hydrogen (secondary N) is 2. The molecule has 2 N–H and O–H groups in total. The molecule has 4 aromatic rings. The van der Waals surface area contributed by atoms with Gasteiger partial charge in [-0.25, -0.2) is 4.98 Å². The first kappa shape index (κ1) is 28.2. The van der Waals surface area contributed by atoms with Crippen LogP contribution in [0, 0.1) is 13.8 Å². The van der Waals surface area contributed by atoms with Crippen LogP contribution in [0.1, 0.15) is 52.6 Å². The van der Waals surface area contributed by atoms with E-state index in [4.69, 9.17) is 9.47 Å². The zero-order valence-electron chi connectivity index (χ0n) is 24.6. The number of pyridine rings is 3. The van der Waals surface area contributed by atoms with E-state index in [2.05, 4.69) is 38.9 Å². The van der Waals surface area contributed by atoms with E-state index in [0.717, 1.165) is 52.1 Å². The minimum atomic E-state index is -0.279. The highest BCUT2D eigenvalue weighted by molar-refractivity contribution is 6.00. The molecule has 0 aromatic carbocycles. The smallest absolute Gasteiger partial charge is 0.256 e. The lowest BCUT2D eigenvalue weighted by Gasteiger charge is -2.22. The summed E-state index contributed by atoms with van der Waals surface area (Å²) in [5.74, 6) is 1.04. The number of aromatic amines is 1. The molecule has 1 saturated heterocycles. The Labute approximate surface area is 239 Å². The van der Waals surface area contributed by atoms with E-state index in [1.54, 1.807) is 19.2 Å². The summed E-state index contributed by atoms with van der Waals surface area (Å²) in [4.78, 5) is 35.7. The highest BCUT2D eigenvalue weighted by Gasteiger charge is 2.22. The molecule has 214 valence electrons. The standard InChI is InChI=1S/C32H37N5O4/c1-19-15-28(40-6)26(32(39)35-19)18-34-31(38)25-17-27-24(23-7-11-33-29(16-23)36(4)5)8-12-37(27)30(21(25)3)20(2)22-9-13-41-14-10-22/h7-8,11-12,15-17H,9-10,13-14,18H2,1-6H3,(H,34,38)(H,35,39). The van der Waals surface area contributed by atoms with E-state index in [1.165, 1.54) is 12.7 Å². The van der Waals surface area contributed by atoms with Crippen molar-refractivity contribution >= 4 is 22.8 Å². The lowest BCUT2D eigenvalue weighted by Crippen LogP contribution is -2.28. The number of aryl methyl sites for hydroxylation is 1. The summed E-state index contributed by atoms with van der Waals surface area (Å²) in [6, 6.07) is 9.83. The van der Waals surface area contributed by atoms with E-state index < -0.39 is 0 Å². The third-order valence-corrected chi connectivity index (χ3v) is 7.82.